The molecule has 6 heteroatoms. The zero-order valence-corrected chi connectivity index (χ0v) is 10.0. The van der Waals surface area contributed by atoms with Crippen LogP contribution in [0.1, 0.15) is 5.56 Å². The molecule has 17 heavy (non-hydrogen) atoms. The summed E-state index contributed by atoms with van der Waals surface area (Å²) in [5.41, 5.74) is -0.0203. The first kappa shape index (κ1) is 12.1. The number of hydrogen-bond acceptors (Lipinski definition) is 2. The quantitative estimate of drug-likeness (QED) is 0.788. The van der Waals surface area contributed by atoms with Crippen molar-refractivity contribution in [2.45, 2.75) is 6.54 Å². The van der Waals surface area contributed by atoms with E-state index in [0.717, 1.165) is 0 Å². The topological polar surface area (TPSA) is 34.9 Å². The third-order valence-electron chi connectivity index (χ3n) is 2.19. The molecule has 0 saturated heterocycles. The zero-order valence-electron chi connectivity index (χ0n) is 8.53. The van der Waals surface area contributed by atoms with Gasteiger partial charge in [0.2, 0.25) is 0 Å². The Hall–Kier alpha value is -1.39. The average Bonchev–Trinajstić information content (AvgIpc) is 2.27. The lowest BCUT2D eigenvalue weighted by Gasteiger charge is -2.06. The van der Waals surface area contributed by atoms with Gasteiger partial charge in [-0.3, -0.25) is 9.36 Å². The minimum atomic E-state index is -0.420. The van der Waals surface area contributed by atoms with Gasteiger partial charge in [0.1, 0.15) is 11.0 Å². The van der Waals surface area contributed by atoms with E-state index in [-0.39, 0.29) is 17.3 Å². The molecule has 2 aromatic rings. The first-order valence-electron chi connectivity index (χ1n) is 4.72. The van der Waals surface area contributed by atoms with Gasteiger partial charge in [-0.1, -0.05) is 23.2 Å². The normalized spacial score (nSPS) is 10.5. The van der Waals surface area contributed by atoms with Crippen LogP contribution in [0.15, 0.2) is 35.4 Å². The Labute approximate surface area is 106 Å². The van der Waals surface area contributed by atoms with Crippen molar-refractivity contribution >= 4 is 23.2 Å². The fourth-order valence-corrected chi connectivity index (χ4v) is 1.70. The molecular formula is C11H7Cl2FN2O. The Bertz CT molecular complexity index is 613. The summed E-state index contributed by atoms with van der Waals surface area (Å²) in [5.74, 6) is -0.420. The molecule has 3 nitrogen and oxygen atoms in total. The van der Waals surface area contributed by atoms with Crippen molar-refractivity contribution < 1.29 is 4.39 Å². The van der Waals surface area contributed by atoms with E-state index in [1.54, 1.807) is 0 Å². The fourth-order valence-electron chi connectivity index (χ4n) is 1.37. The molecule has 0 aliphatic heterocycles. The maximum atomic E-state index is 13.4. The van der Waals surface area contributed by atoms with Crippen LogP contribution in [-0.2, 0) is 6.54 Å². The molecule has 0 spiro atoms. The van der Waals surface area contributed by atoms with E-state index in [9.17, 15) is 9.18 Å². The van der Waals surface area contributed by atoms with E-state index in [0.29, 0.717) is 10.6 Å². The van der Waals surface area contributed by atoms with E-state index in [4.69, 9.17) is 23.2 Å². The fraction of sp³-hybridized carbons (Fsp3) is 0.0909. The second-order valence-corrected chi connectivity index (χ2v) is 4.24. The van der Waals surface area contributed by atoms with Crippen molar-refractivity contribution in [2.75, 3.05) is 0 Å². The predicted molar refractivity (Wildman–Crippen MR) is 64.0 cm³/mol. The van der Waals surface area contributed by atoms with Crippen LogP contribution in [0.5, 0.6) is 0 Å². The van der Waals surface area contributed by atoms with Crippen LogP contribution >= 0.6 is 23.2 Å². The molecule has 88 valence electrons. The van der Waals surface area contributed by atoms with Gasteiger partial charge in [-0.25, -0.2) is 9.37 Å². The van der Waals surface area contributed by atoms with Crippen LogP contribution in [0.4, 0.5) is 4.39 Å². The molecule has 0 unspecified atom stereocenters. The molecule has 1 aromatic heterocycles. The number of rotatable bonds is 2. The number of hydrogen-bond donors (Lipinski definition) is 0. The largest absolute Gasteiger partial charge is 0.295 e. The van der Waals surface area contributed by atoms with Crippen molar-refractivity contribution in [1.29, 1.82) is 0 Å². The van der Waals surface area contributed by atoms with Crippen molar-refractivity contribution in [2.24, 2.45) is 0 Å². The van der Waals surface area contributed by atoms with Crippen molar-refractivity contribution in [1.82, 2.24) is 9.55 Å². The molecule has 0 atom stereocenters. The van der Waals surface area contributed by atoms with Gasteiger partial charge < -0.3 is 0 Å². The van der Waals surface area contributed by atoms with Gasteiger partial charge in [0.15, 0.2) is 0 Å². The molecule has 0 aliphatic rings. The zero-order chi connectivity index (χ0) is 12.4. The molecule has 1 heterocycles. The molecule has 0 radical (unpaired) electrons. The minimum Gasteiger partial charge on any atom is -0.295 e. The lowest BCUT2D eigenvalue weighted by molar-refractivity contribution is 0.594. The van der Waals surface area contributed by atoms with Gasteiger partial charge in [-0.15, -0.1) is 0 Å². The SMILES string of the molecule is O=c1cc(Cl)ncn1Cc1cc(Cl)ccc1F. The highest BCUT2D eigenvalue weighted by Crippen LogP contribution is 2.15. The Morgan fingerprint density at radius 3 is 2.76 bits per heavy atom. The Balaban J connectivity index is 2.38. The third-order valence-corrected chi connectivity index (χ3v) is 2.64. The predicted octanol–water partition coefficient (Wildman–Crippen LogP) is 2.74. The van der Waals surface area contributed by atoms with Crippen LogP contribution in [0, 0.1) is 5.82 Å². The monoisotopic (exact) mass is 272 g/mol. The first-order chi connectivity index (χ1) is 8.06. The first-order valence-corrected chi connectivity index (χ1v) is 5.48. The number of nitrogens with zero attached hydrogens (tertiary/aromatic N) is 2. The van der Waals surface area contributed by atoms with Gasteiger partial charge in [-0.2, -0.15) is 0 Å². The summed E-state index contributed by atoms with van der Waals surface area (Å²) in [6, 6.07) is 5.34. The maximum Gasteiger partial charge on any atom is 0.255 e. The van der Waals surface area contributed by atoms with Crippen LogP contribution < -0.4 is 5.56 Å². The minimum absolute atomic E-state index is 0.0649. The summed E-state index contributed by atoms with van der Waals surface area (Å²) in [6.45, 7) is 0.0649. The molecule has 0 saturated carbocycles. The van der Waals surface area contributed by atoms with Gasteiger partial charge in [0.05, 0.1) is 12.9 Å². The molecule has 1 aromatic carbocycles. The summed E-state index contributed by atoms with van der Waals surface area (Å²) in [5, 5.41) is 0.522. The molecule has 0 aliphatic carbocycles. The lowest BCUT2D eigenvalue weighted by atomic mass is 10.2. The molecule has 0 bridgehead atoms. The number of halogens is 3. The van der Waals surface area contributed by atoms with Gasteiger partial charge >= 0.3 is 0 Å². The third kappa shape index (κ3) is 2.84. The Kier molecular flexibility index (Phi) is 3.45. The second-order valence-electron chi connectivity index (χ2n) is 3.41. The Morgan fingerprint density at radius 1 is 1.29 bits per heavy atom. The molecule has 2 rings (SSSR count). The van der Waals surface area contributed by atoms with E-state index in [1.807, 2.05) is 0 Å². The summed E-state index contributed by atoms with van der Waals surface area (Å²) in [6.07, 6.45) is 1.27. The number of aromatic nitrogens is 2. The summed E-state index contributed by atoms with van der Waals surface area (Å²) in [4.78, 5) is 15.3. The van der Waals surface area contributed by atoms with Gasteiger partial charge in [-0.05, 0) is 18.2 Å². The molecule has 0 fully saturated rings. The molecule has 0 N–H and O–H groups in total. The van der Waals surface area contributed by atoms with Gasteiger partial charge in [0, 0.05) is 16.7 Å². The van der Waals surface area contributed by atoms with Crippen LogP contribution in [0.2, 0.25) is 10.2 Å². The average molecular weight is 273 g/mol. The standard InChI is InChI=1S/C11H7Cl2FN2O/c12-8-1-2-9(14)7(3-8)5-16-6-15-10(13)4-11(16)17/h1-4,6H,5H2. The van der Waals surface area contributed by atoms with Crippen molar-refractivity contribution in [3.05, 3.63) is 62.5 Å². The summed E-state index contributed by atoms with van der Waals surface area (Å²) < 4.78 is 14.7. The van der Waals surface area contributed by atoms with E-state index < -0.39 is 5.82 Å². The molecular weight excluding hydrogens is 266 g/mol. The smallest absolute Gasteiger partial charge is 0.255 e. The molecule has 0 amide bonds. The van der Waals surface area contributed by atoms with Crippen LogP contribution in [-0.4, -0.2) is 9.55 Å². The summed E-state index contributed by atoms with van der Waals surface area (Å²) in [7, 11) is 0. The van der Waals surface area contributed by atoms with Crippen molar-refractivity contribution in [3.63, 3.8) is 0 Å². The van der Waals surface area contributed by atoms with Crippen LogP contribution in [0.3, 0.4) is 0 Å². The van der Waals surface area contributed by atoms with E-state index in [1.165, 1.54) is 35.2 Å². The maximum absolute atomic E-state index is 13.4. The van der Waals surface area contributed by atoms with Crippen LogP contribution in [0.25, 0.3) is 0 Å². The highest BCUT2D eigenvalue weighted by Gasteiger charge is 2.05. The Morgan fingerprint density at radius 2 is 2.06 bits per heavy atom. The lowest BCUT2D eigenvalue weighted by Crippen LogP contribution is -2.20. The van der Waals surface area contributed by atoms with Crippen molar-refractivity contribution in [3.8, 4) is 0 Å². The summed E-state index contributed by atoms with van der Waals surface area (Å²) >= 11 is 11.3. The highest BCUT2D eigenvalue weighted by atomic mass is 35.5. The number of benzene rings is 1. The van der Waals surface area contributed by atoms with Gasteiger partial charge in [0.25, 0.3) is 5.56 Å². The van der Waals surface area contributed by atoms with E-state index in [2.05, 4.69) is 4.98 Å². The second kappa shape index (κ2) is 4.85. The highest BCUT2D eigenvalue weighted by molar-refractivity contribution is 6.30. The van der Waals surface area contributed by atoms with E-state index >= 15 is 0 Å².